The molecule has 2 aromatic rings. The van der Waals surface area contributed by atoms with Crippen LogP contribution in [0.1, 0.15) is 38.4 Å². The van der Waals surface area contributed by atoms with Gasteiger partial charge < -0.3 is 14.2 Å². The van der Waals surface area contributed by atoms with Crippen molar-refractivity contribution in [2.75, 3.05) is 19.7 Å². The second-order valence-electron chi connectivity index (χ2n) is 6.89. The minimum absolute atomic E-state index is 0.0489. The Morgan fingerprint density at radius 1 is 1.32 bits per heavy atom. The highest BCUT2D eigenvalue weighted by Gasteiger charge is 2.24. The first-order chi connectivity index (χ1) is 12.1. The third-order valence-electron chi connectivity index (χ3n) is 4.68. The summed E-state index contributed by atoms with van der Waals surface area (Å²) in [5.41, 5.74) is 0. The zero-order valence-electron chi connectivity index (χ0n) is 15.0. The normalized spacial score (nSPS) is 15.6. The van der Waals surface area contributed by atoms with E-state index in [4.69, 9.17) is 4.74 Å². The first-order valence-corrected chi connectivity index (χ1v) is 8.95. The van der Waals surface area contributed by atoms with E-state index in [0.29, 0.717) is 17.6 Å². The minimum atomic E-state index is 0.0489. The highest BCUT2D eigenvalue weighted by atomic mass is 16.5. The Kier molecular flexibility index (Phi) is 5.68. The molecule has 0 spiro atoms. The molecule has 1 aliphatic rings. The van der Waals surface area contributed by atoms with Crippen LogP contribution in [0, 0.1) is 5.92 Å². The number of piperidine rings is 1. The second kappa shape index (κ2) is 8.14. The standard InChI is InChI=1S/C19H26N4O2/c1-15(2)19-21-8-11-23(19)13-16-5-9-22(10-6-16)18(24)14-25-17-4-3-7-20-12-17/h3-4,7-8,11-12,15-16H,5-6,9-10,13-14H2,1-2H3. The lowest BCUT2D eigenvalue weighted by Gasteiger charge is -2.32. The molecule has 1 aliphatic heterocycles. The molecule has 0 saturated carbocycles. The number of nitrogens with zero attached hydrogens (tertiary/aromatic N) is 4. The first kappa shape index (κ1) is 17.5. The number of carbonyl (C=O) groups is 1. The average Bonchev–Trinajstić information content (AvgIpc) is 3.09. The fourth-order valence-electron chi connectivity index (χ4n) is 3.29. The van der Waals surface area contributed by atoms with Crippen molar-refractivity contribution in [1.82, 2.24) is 19.4 Å². The lowest BCUT2D eigenvalue weighted by molar-refractivity contribution is -0.134. The summed E-state index contributed by atoms with van der Waals surface area (Å²) in [5.74, 6) is 2.85. The lowest BCUT2D eigenvalue weighted by Crippen LogP contribution is -2.41. The molecule has 3 heterocycles. The number of hydrogen-bond donors (Lipinski definition) is 0. The number of hydrogen-bond acceptors (Lipinski definition) is 4. The fraction of sp³-hybridized carbons (Fsp3) is 0.526. The summed E-state index contributed by atoms with van der Waals surface area (Å²) < 4.78 is 7.77. The molecular formula is C19H26N4O2. The Morgan fingerprint density at radius 2 is 2.12 bits per heavy atom. The maximum atomic E-state index is 12.3. The zero-order valence-corrected chi connectivity index (χ0v) is 15.0. The Balaban J connectivity index is 1.45. The van der Waals surface area contributed by atoms with Gasteiger partial charge in [0.2, 0.25) is 0 Å². The Morgan fingerprint density at radius 3 is 2.80 bits per heavy atom. The lowest BCUT2D eigenvalue weighted by atomic mass is 9.96. The molecule has 6 nitrogen and oxygen atoms in total. The van der Waals surface area contributed by atoms with Gasteiger partial charge in [-0.15, -0.1) is 0 Å². The van der Waals surface area contributed by atoms with Crippen molar-refractivity contribution in [3.63, 3.8) is 0 Å². The summed E-state index contributed by atoms with van der Waals surface area (Å²) in [6, 6.07) is 3.61. The molecule has 134 valence electrons. The van der Waals surface area contributed by atoms with Crippen LogP contribution in [-0.2, 0) is 11.3 Å². The number of imidazole rings is 1. The van der Waals surface area contributed by atoms with Gasteiger partial charge in [-0.05, 0) is 30.9 Å². The maximum absolute atomic E-state index is 12.3. The van der Waals surface area contributed by atoms with Crippen LogP contribution in [0.5, 0.6) is 5.75 Å². The molecule has 0 radical (unpaired) electrons. The second-order valence-corrected chi connectivity index (χ2v) is 6.89. The van der Waals surface area contributed by atoms with Crippen molar-refractivity contribution in [3.8, 4) is 5.75 Å². The van der Waals surface area contributed by atoms with Crippen LogP contribution in [0.25, 0.3) is 0 Å². The van der Waals surface area contributed by atoms with E-state index in [0.717, 1.165) is 38.3 Å². The monoisotopic (exact) mass is 342 g/mol. The molecule has 0 N–H and O–H groups in total. The molecule has 2 aromatic heterocycles. The SMILES string of the molecule is CC(C)c1nccn1CC1CCN(C(=O)COc2cccnc2)CC1. The van der Waals surface area contributed by atoms with Gasteiger partial charge in [0.15, 0.2) is 6.61 Å². The first-order valence-electron chi connectivity index (χ1n) is 8.95. The molecule has 0 unspecified atom stereocenters. The van der Waals surface area contributed by atoms with Crippen LogP contribution in [-0.4, -0.2) is 45.0 Å². The van der Waals surface area contributed by atoms with Crippen molar-refractivity contribution in [3.05, 3.63) is 42.7 Å². The van der Waals surface area contributed by atoms with Gasteiger partial charge in [0.25, 0.3) is 5.91 Å². The number of aromatic nitrogens is 3. The van der Waals surface area contributed by atoms with Gasteiger partial charge >= 0.3 is 0 Å². The van der Waals surface area contributed by atoms with Gasteiger partial charge in [-0.3, -0.25) is 9.78 Å². The van der Waals surface area contributed by atoms with E-state index in [9.17, 15) is 4.79 Å². The molecule has 0 aromatic carbocycles. The number of ether oxygens (including phenoxy) is 1. The third-order valence-corrected chi connectivity index (χ3v) is 4.68. The van der Waals surface area contributed by atoms with Gasteiger partial charge in [0, 0.05) is 44.1 Å². The molecule has 3 rings (SSSR count). The number of pyridine rings is 1. The minimum Gasteiger partial charge on any atom is -0.482 e. The van der Waals surface area contributed by atoms with Crippen LogP contribution in [0.15, 0.2) is 36.9 Å². The largest absolute Gasteiger partial charge is 0.482 e. The van der Waals surface area contributed by atoms with E-state index in [2.05, 4.69) is 34.6 Å². The average molecular weight is 342 g/mol. The molecule has 0 bridgehead atoms. The van der Waals surface area contributed by atoms with E-state index < -0.39 is 0 Å². The van der Waals surface area contributed by atoms with Gasteiger partial charge in [-0.25, -0.2) is 4.98 Å². The summed E-state index contributed by atoms with van der Waals surface area (Å²) in [5, 5.41) is 0. The number of likely N-dealkylation sites (tertiary alicyclic amines) is 1. The van der Waals surface area contributed by atoms with Crippen LogP contribution in [0.2, 0.25) is 0 Å². The summed E-state index contributed by atoms with van der Waals surface area (Å²) >= 11 is 0. The van der Waals surface area contributed by atoms with Crippen LogP contribution >= 0.6 is 0 Å². The Bertz CT molecular complexity index is 676. The van der Waals surface area contributed by atoms with E-state index in [1.807, 2.05) is 17.2 Å². The molecule has 0 atom stereocenters. The van der Waals surface area contributed by atoms with Crippen LogP contribution < -0.4 is 4.74 Å². The summed E-state index contributed by atoms with van der Waals surface area (Å²) in [6.07, 6.45) is 9.29. The van der Waals surface area contributed by atoms with Gasteiger partial charge in [0.1, 0.15) is 11.6 Å². The molecule has 1 saturated heterocycles. The number of rotatable bonds is 6. The smallest absolute Gasteiger partial charge is 0.260 e. The van der Waals surface area contributed by atoms with Crippen molar-refractivity contribution >= 4 is 5.91 Å². The maximum Gasteiger partial charge on any atom is 0.260 e. The van der Waals surface area contributed by atoms with E-state index in [-0.39, 0.29) is 12.5 Å². The molecule has 1 amide bonds. The highest BCUT2D eigenvalue weighted by molar-refractivity contribution is 5.77. The molecule has 6 heteroatoms. The Hall–Kier alpha value is -2.37. The van der Waals surface area contributed by atoms with Gasteiger partial charge in [-0.1, -0.05) is 13.8 Å². The predicted molar refractivity (Wildman–Crippen MR) is 95.4 cm³/mol. The third kappa shape index (κ3) is 4.59. The van der Waals surface area contributed by atoms with Gasteiger partial charge in [0.05, 0.1) is 6.20 Å². The van der Waals surface area contributed by atoms with E-state index in [1.54, 1.807) is 18.5 Å². The van der Waals surface area contributed by atoms with E-state index in [1.165, 1.54) is 0 Å². The van der Waals surface area contributed by atoms with Crippen LogP contribution in [0.3, 0.4) is 0 Å². The Labute approximate surface area is 148 Å². The van der Waals surface area contributed by atoms with Crippen molar-refractivity contribution in [2.24, 2.45) is 5.92 Å². The molecular weight excluding hydrogens is 316 g/mol. The topological polar surface area (TPSA) is 60.2 Å². The number of carbonyl (C=O) groups excluding carboxylic acids is 1. The highest BCUT2D eigenvalue weighted by Crippen LogP contribution is 2.22. The summed E-state index contributed by atoms with van der Waals surface area (Å²) in [6.45, 7) is 7.00. The van der Waals surface area contributed by atoms with E-state index >= 15 is 0 Å². The fourth-order valence-corrected chi connectivity index (χ4v) is 3.29. The van der Waals surface area contributed by atoms with Crippen molar-refractivity contribution in [2.45, 2.75) is 39.2 Å². The zero-order chi connectivity index (χ0) is 17.6. The predicted octanol–water partition coefficient (Wildman–Crippen LogP) is 2.72. The molecule has 0 aliphatic carbocycles. The molecule has 25 heavy (non-hydrogen) atoms. The number of amides is 1. The summed E-state index contributed by atoms with van der Waals surface area (Å²) in [4.78, 5) is 22.6. The quantitative estimate of drug-likeness (QED) is 0.810. The summed E-state index contributed by atoms with van der Waals surface area (Å²) in [7, 11) is 0. The molecule has 1 fully saturated rings. The van der Waals surface area contributed by atoms with Crippen molar-refractivity contribution in [1.29, 1.82) is 0 Å². The van der Waals surface area contributed by atoms with Crippen LogP contribution in [0.4, 0.5) is 0 Å². The van der Waals surface area contributed by atoms with Crippen molar-refractivity contribution < 1.29 is 9.53 Å². The van der Waals surface area contributed by atoms with Gasteiger partial charge in [-0.2, -0.15) is 0 Å².